The zero-order valence-electron chi connectivity index (χ0n) is 17.1. The van der Waals surface area contributed by atoms with Gasteiger partial charge in [-0.25, -0.2) is 9.78 Å². The number of anilines is 2. The van der Waals surface area contributed by atoms with Crippen molar-refractivity contribution in [3.8, 4) is 11.3 Å². The summed E-state index contributed by atoms with van der Waals surface area (Å²) in [4.78, 5) is 22.1. The van der Waals surface area contributed by atoms with Crippen molar-refractivity contribution < 1.29 is 18.0 Å². The third-order valence-electron chi connectivity index (χ3n) is 4.69. The number of carbonyl (C=O) groups is 1. The van der Waals surface area contributed by atoms with Crippen LogP contribution in [0.15, 0.2) is 73.7 Å². The molecule has 0 radical (unpaired) electrons. The highest BCUT2D eigenvalue weighted by Gasteiger charge is 2.30. The molecule has 9 heteroatoms. The van der Waals surface area contributed by atoms with E-state index in [-0.39, 0.29) is 22.8 Å². The summed E-state index contributed by atoms with van der Waals surface area (Å²) in [5.41, 5.74) is 7.00. The largest absolute Gasteiger partial charge is 0.416 e. The van der Waals surface area contributed by atoms with E-state index in [0.717, 1.165) is 29.0 Å². The van der Waals surface area contributed by atoms with E-state index in [2.05, 4.69) is 21.9 Å². The normalized spacial score (nSPS) is 11.1. The molecule has 2 amide bonds. The topological polar surface area (TPSA) is 84.1 Å². The van der Waals surface area contributed by atoms with Gasteiger partial charge in [0.05, 0.1) is 16.9 Å². The number of aromatic nitrogens is 2. The smallest absolute Gasteiger partial charge is 0.396 e. The minimum absolute atomic E-state index is 0.0848. The molecule has 6 nitrogen and oxygen atoms in total. The van der Waals surface area contributed by atoms with Crippen molar-refractivity contribution in [1.82, 2.24) is 15.3 Å². The van der Waals surface area contributed by atoms with Crippen molar-refractivity contribution in [2.45, 2.75) is 19.0 Å². The van der Waals surface area contributed by atoms with Crippen LogP contribution in [0.4, 0.5) is 29.5 Å². The van der Waals surface area contributed by atoms with E-state index in [0.29, 0.717) is 13.0 Å². The molecule has 0 aliphatic carbocycles. The third-order valence-corrected chi connectivity index (χ3v) is 4.69. The molecule has 1 aromatic carbocycles. The van der Waals surface area contributed by atoms with Crippen molar-refractivity contribution in [1.29, 1.82) is 0 Å². The predicted molar refractivity (Wildman–Crippen MR) is 118 cm³/mol. The molecular formula is C23H22F3N5O. The summed E-state index contributed by atoms with van der Waals surface area (Å²) < 4.78 is 39.2. The maximum atomic E-state index is 13.1. The van der Waals surface area contributed by atoms with Crippen LogP contribution in [0.25, 0.3) is 11.3 Å². The second-order valence-electron chi connectivity index (χ2n) is 6.93. The predicted octanol–water partition coefficient (Wildman–Crippen LogP) is 5.04. The number of nitrogens with zero attached hydrogens (tertiary/aromatic N) is 3. The van der Waals surface area contributed by atoms with Crippen LogP contribution in [0, 0.1) is 0 Å². The highest BCUT2D eigenvalue weighted by Crippen LogP contribution is 2.33. The Labute approximate surface area is 183 Å². The number of nitrogens with one attached hydrogen (secondary N) is 1. The first-order valence-electron chi connectivity index (χ1n) is 9.82. The first-order chi connectivity index (χ1) is 15.3. The highest BCUT2D eigenvalue weighted by atomic mass is 19.4. The van der Waals surface area contributed by atoms with Crippen LogP contribution in [0.2, 0.25) is 0 Å². The van der Waals surface area contributed by atoms with E-state index < -0.39 is 17.8 Å². The van der Waals surface area contributed by atoms with Gasteiger partial charge in [-0.3, -0.25) is 9.88 Å². The van der Waals surface area contributed by atoms with Crippen molar-refractivity contribution in [2.75, 3.05) is 17.2 Å². The van der Waals surface area contributed by atoms with Crippen molar-refractivity contribution in [3.63, 3.8) is 0 Å². The number of halogens is 3. The summed E-state index contributed by atoms with van der Waals surface area (Å²) in [6.07, 6.45) is 1.66. The van der Waals surface area contributed by atoms with Gasteiger partial charge >= 0.3 is 12.2 Å². The first-order valence-corrected chi connectivity index (χ1v) is 9.82. The molecular weight excluding hydrogens is 419 g/mol. The summed E-state index contributed by atoms with van der Waals surface area (Å²) >= 11 is 0. The number of urea groups is 1. The maximum absolute atomic E-state index is 13.1. The minimum Gasteiger partial charge on any atom is -0.396 e. The molecule has 0 saturated carbocycles. The molecule has 3 aromatic rings. The Morgan fingerprint density at radius 1 is 1.16 bits per heavy atom. The molecule has 2 aromatic heterocycles. The number of nitrogen functional groups attached to an aromatic ring is 1. The van der Waals surface area contributed by atoms with Crippen LogP contribution >= 0.6 is 0 Å². The monoisotopic (exact) mass is 441 g/mol. The number of nitrogens with two attached hydrogens (primary N) is 1. The molecule has 0 aliphatic heterocycles. The average Bonchev–Trinajstić information content (AvgIpc) is 2.78. The maximum Gasteiger partial charge on any atom is 0.416 e. The van der Waals surface area contributed by atoms with Crippen LogP contribution in [-0.4, -0.2) is 22.5 Å². The lowest BCUT2D eigenvalue weighted by Gasteiger charge is -2.20. The SMILES string of the molecule is C=CN(C(=O)NCCCc1ccncc1)c1nc(-c2cccc(C(F)(F)F)c2)ccc1N. The van der Waals surface area contributed by atoms with Crippen molar-refractivity contribution in [2.24, 2.45) is 0 Å². The van der Waals surface area contributed by atoms with E-state index in [4.69, 9.17) is 5.73 Å². The van der Waals surface area contributed by atoms with Gasteiger partial charge in [-0.15, -0.1) is 0 Å². The number of alkyl halides is 3. The highest BCUT2D eigenvalue weighted by molar-refractivity contribution is 5.95. The number of pyridine rings is 2. The zero-order valence-corrected chi connectivity index (χ0v) is 17.1. The Kier molecular flexibility index (Phi) is 7.09. The van der Waals surface area contributed by atoms with Gasteiger partial charge in [0.2, 0.25) is 0 Å². The zero-order chi connectivity index (χ0) is 23.1. The average molecular weight is 441 g/mol. The Morgan fingerprint density at radius 2 is 1.91 bits per heavy atom. The number of aryl methyl sites for hydroxylation is 1. The molecule has 0 saturated heterocycles. The number of rotatable bonds is 7. The number of hydrogen-bond donors (Lipinski definition) is 2. The van der Waals surface area contributed by atoms with Crippen LogP contribution < -0.4 is 16.0 Å². The second-order valence-corrected chi connectivity index (χ2v) is 6.93. The Bertz CT molecular complexity index is 1090. The number of benzene rings is 1. The second kappa shape index (κ2) is 9.95. The fourth-order valence-electron chi connectivity index (χ4n) is 3.06. The molecule has 0 unspecified atom stereocenters. The fourth-order valence-corrected chi connectivity index (χ4v) is 3.06. The fraction of sp³-hybridized carbons (Fsp3) is 0.174. The first kappa shape index (κ1) is 22.8. The molecule has 32 heavy (non-hydrogen) atoms. The molecule has 0 fully saturated rings. The summed E-state index contributed by atoms with van der Waals surface area (Å²) in [6.45, 7) is 4.04. The Balaban J connectivity index is 1.74. The van der Waals surface area contributed by atoms with Crippen LogP contribution in [0.1, 0.15) is 17.5 Å². The summed E-state index contributed by atoms with van der Waals surface area (Å²) in [5, 5.41) is 2.77. The summed E-state index contributed by atoms with van der Waals surface area (Å²) in [6, 6.07) is 11.1. The van der Waals surface area contributed by atoms with E-state index in [9.17, 15) is 18.0 Å². The molecule has 3 N–H and O–H groups in total. The minimum atomic E-state index is -4.48. The third kappa shape index (κ3) is 5.63. The van der Waals surface area contributed by atoms with Crippen LogP contribution in [-0.2, 0) is 12.6 Å². The molecule has 0 atom stereocenters. The summed E-state index contributed by atoms with van der Waals surface area (Å²) in [7, 11) is 0. The van der Waals surface area contributed by atoms with Gasteiger partial charge in [0.1, 0.15) is 0 Å². The molecule has 3 rings (SSSR count). The Morgan fingerprint density at radius 3 is 2.59 bits per heavy atom. The molecule has 0 aliphatic rings. The van der Waals surface area contributed by atoms with Gasteiger partial charge in [0, 0.05) is 30.7 Å². The molecule has 2 heterocycles. The lowest BCUT2D eigenvalue weighted by atomic mass is 10.1. The number of carbonyl (C=O) groups excluding carboxylic acids is 1. The molecule has 0 spiro atoms. The Hall–Kier alpha value is -3.88. The lowest BCUT2D eigenvalue weighted by Crippen LogP contribution is -2.38. The van der Waals surface area contributed by atoms with Crippen LogP contribution in [0.5, 0.6) is 0 Å². The van der Waals surface area contributed by atoms with E-state index in [1.807, 2.05) is 12.1 Å². The number of amides is 2. The summed E-state index contributed by atoms with van der Waals surface area (Å²) in [5.74, 6) is 0.0848. The van der Waals surface area contributed by atoms with Crippen molar-refractivity contribution in [3.05, 3.63) is 84.8 Å². The number of hydrogen-bond acceptors (Lipinski definition) is 4. The lowest BCUT2D eigenvalue weighted by molar-refractivity contribution is -0.137. The standard InChI is InChI=1S/C23H22F3N5O/c1-2-31(22(32)29-12-4-5-16-10-13-28-14-11-16)21-19(27)8-9-20(30-21)17-6-3-7-18(15-17)23(24,25)26/h2-3,6-11,13-15H,1,4-5,12,27H2,(H,29,32). The van der Waals surface area contributed by atoms with Gasteiger partial charge in [-0.1, -0.05) is 18.7 Å². The van der Waals surface area contributed by atoms with Gasteiger partial charge in [0.25, 0.3) is 0 Å². The van der Waals surface area contributed by atoms with Gasteiger partial charge < -0.3 is 11.1 Å². The van der Waals surface area contributed by atoms with Gasteiger partial charge in [-0.2, -0.15) is 13.2 Å². The van der Waals surface area contributed by atoms with Crippen molar-refractivity contribution >= 4 is 17.5 Å². The molecule has 0 bridgehead atoms. The van der Waals surface area contributed by atoms with Crippen LogP contribution in [0.3, 0.4) is 0 Å². The van der Waals surface area contributed by atoms with E-state index in [1.54, 1.807) is 12.4 Å². The molecule has 166 valence electrons. The quantitative estimate of drug-likeness (QED) is 0.504. The van der Waals surface area contributed by atoms with Gasteiger partial charge in [0.15, 0.2) is 5.82 Å². The van der Waals surface area contributed by atoms with E-state index >= 15 is 0 Å². The van der Waals surface area contributed by atoms with Gasteiger partial charge in [-0.05, 0) is 54.8 Å². The van der Waals surface area contributed by atoms with E-state index in [1.165, 1.54) is 30.5 Å².